The standard InChI is InChI=1S/C21H19FN2O2/c1-26-20-12-9-16(21(25)24-18-5-3-2-4-6-18)13-19(20)23-14-15-7-10-17(22)11-8-15/h2-13,23H,14H2,1H3,(H,24,25). The second-order valence-electron chi connectivity index (χ2n) is 5.72. The number of hydrogen-bond donors (Lipinski definition) is 2. The largest absolute Gasteiger partial charge is 0.495 e. The second-order valence-corrected chi connectivity index (χ2v) is 5.72. The molecular formula is C21H19FN2O2. The molecule has 0 aliphatic heterocycles. The van der Waals surface area contributed by atoms with Gasteiger partial charge in [-0.1, -0.05) is 30.3 Å². The number of benzene rings is 3. The molecular weight excluding hydrogens is 331 g/mol. The van der Waals surface area contributed by atoms with Crippen LogP contribution in [0.2, 0.25) is 0 Å². The summed E-state index contributed by atoms with van der Waals surface area (Å²) in [6, 6.07) is 20.7. The first kappa shape index (κ1) is 17.5. The number of anilines is 2. The molecule has 0 aromatic heterocycles. The molecule has 3 aromatic rings. The summed E-state index contributed by atoms with van der Waals surface area (Å²) in [4.78, 5) is 12.5. The Hall–Kier alpha value is -3.34. The number of amides is 1. The van der Waals surface area contributed by atoms with Crippen LogP contribution in [0.3, 0.4) is 0 Å². The highest BCUT2D eigenvalue weighted by Gasteiger charge is 2.10. The van der Waals surface area contributed by atoms with Crippen LogP contribution in [0.25, 0.3) is 0 Å². The number of carbonyl (C=O) groups is 1. The van der Waals surface area contributed by atoms with E-state index in [1.54, 1.807) is 37.4 Å². The maximum Gasteiger partial charge on any atom is 0.255 e. The van der Waals surface area contributed by atoms with Gasteiger partial charge in [0, 0.05) is 17.8 Å². The minimum atomic E-state index is -0.272. The Morgan fingerprint density at radius 1 is 1.00 bits per heavy atom. The minimum absolute atomic E-state index is 0.205. The Morgan fingerprint density at radius 3 is 2.42 bits per heavy atom. The summed E-state index contributed by atoms with van der Waals surface area (Å²) >= 11 is 0. The Balaban J connectivity index is 1.75. The molecule has 3 rings (SSSR count). The van der Waals surface area contributed by atoms with Crippen molar-refractivity contribution in [3.05, 3.63) is 89.7 Å². The highest BCUT2D eigenvalue weighted by atomic mass is 19.1. The average molecular weight is 350 g/mol. The van der Waals surface area contributed by atoms with Crippen molar-refractivity contribution >= 4 is 17.3 Å². The number of carbonyl (C=O) groups excluding carboxylic acids is 1. The monoisotopic (exact) mass is 350 g/mol. The fraction of sp³-hybridized carbons (Fsp3) is 0.0952. The first-order valence-corrected chi connectivity index (χ1v) is 8.18. The fourth-order valence-corrected chi connectivity index (χ4v) is 2.51. The van der Waals surface area contributed by atoms with E-state index >= 15 is 0 Å². The molecule has 0 atom stereocenters. The molecule has 0 aliphatic carbocycles. The van der Waals surface area contributed by atoms with Gasteiger partial charge in [0.25, 0.3) is 5.91 Å². The van der Waals surface area contributed by atoms with E-state index in [0.717, 1.165) is 11.3 Å². The fourth-order valence-electron chi connectivity index (χ4n) is 2.51. The number of rotatable bonds is 6. The van der Waals surface area contributed by atoms with Crippen LogP contribution in [-0.2, 0) is 6.54 Å². The highest BCUT2D eigenvalue weighted by molar-refractivity contribution is 6.05. The number of ether oxygens (including phenoxy) is 1. The number of hydrogen-bond acceptors (Lipinski definition) is 3. The van der Waals surface area contributed by atoms with Gasteiger partial charge in [-0.15, -0.1) is 0 Å². The summed E-state index contributed by atoms with van der Waals surface area (Å²) in [5, 5.41) is 6.09. The van der Waals surface area contributed by atoms with Crippen LogP contribution < -0.4 is 15.4 Å². The summed E-state index contributed by atoms with van der Waals surface area (Å²) in [6.07, 6.45) is 0. The third kappa shape index (κ3) is 4.39. The van der Waals surface area contributed by atoms with E-state index in [2.05, 4.69) is 10.6 Å². The van der Waals surface area contributed by atoms with E-state index in [-0.39, 0.29) is 11.7 Å². The minimum Gasteiger partial charge on any atom is -0.495 e. The van der Waals surface area contributed by atoms with Crippen molar-refractivity contribution in [3.63, 3.8) is 0 Å². The Kier molecular flexibility index (Phi) is 5.49. The smallest absolute Gasteiger partial charge is 0.255 e. The van der Waals surface area contributed by atoms with E-state index < -0.39 is 0 Å². The van der Waals surface area contributed by atoms with Crippen LogP contribution in [0.5, 0.6) is 5.75 Å². The number of para-hydroxylation sites is 1. The van der Waals surface area contributed by atoms with Gasteiger partial charge in [-0.05, 0) is 48.0 Å². The van der Waals surface area contributed by atoms with Crippen LogP contribution in [0.15, 0.2) is 72.8 Å². The Morgan fingerprint density at radius 2 is 1.73 bits per heavy atom. The molecule has 0 fully saturated rings. The van der Waals surface area contributed by atoms with Gasteiger partial charge < -0.3 is 15.4 Å². The van der Waals surface area contributed by atoms with Crippen molar-refractivity contribution in [3.8, 4) is 5.75 Å². The molecule has 3 aromatic carbocycles. The second kappa shape index (κ2) is 8.16. The summed E-state index contributed by atoms with van der Waals surface area (Å²) in [7, 11) is 1.57. The molecule has 0 bridgehead atoms. The van der Waals surface area contributed by atoms with Gasteiger partial charge in [0.05, 0.1) is 12.8 Å². The third-order valence-electron chi connectivity index (χ3n) is 3.89. The molecule has 0 spiro atoms. The SMILES string of the molecule is COc1ccc(C(=O)Nc2ccccc2)cc1NCc1ccc(F)cc1. The van der Waals surface area contributed by atoms with Crippen molar-refractivity contribution in [2.45, 2.75) is 6.54 Å². The van der Waals surface area contributed by atoms with Crippen molar-refractivity contribution in [1.82, 2.24) is 0 Å². The van der Waals surface area contributed by atoms with Gasteiger partial charge in [-0.25, -0.2) is 4.39 Å². The molecule has 0 heterocycles. The van der Waals surface area contributed by atoms with Crippen LogP contribution in [-0.4, -0.2) is 13.0 Å². The third-order valence-corrected chi connectivity index (χ3v) is 3.89. The summed E-state index contributed by atoms with van der Waals surface area (Å²) in [6.45, 7) is 0.487. The molecule has 2 N–H and O–H groups in total. The number of halogens is 1. The van der Waals surface area contributed by atoms with Crippen molar-refractivity contribution in [2.75, 3.05) is 17.7 Å². The summed E-state index contributed by atoms with van der Waals surface area (Å²) in [5.74, 6) is 0.151. The van der Waals surface area contributed by atoms with E-state index in [0.29, 0.717) is 23.5 Å². The van der Waals surface area contributed by atoms with E-state index in [1.807, 2.05) is 30.3 Å². The molecule has 26 heavy (non-hydrogen) atoms. The van der Waals surface area contributed by atoms with Gasteiger partial charge in [0.1, 0.15) is 11.6 Å². The van der Waals surface area contributed by atoms with Gasteiger partial charge in [-0.3, -0.25) is 4.79 Å². The Labute approximate surface area is 151 Å². The lowest BCUT2D eigenvalue weighted by molar-refractivity contribution is 0.102. The number of methoxy groups -OCH3 is 1. The molecule has 0 aliphatic rings. The van der Waals surface area contributed by atoms with Gasteiger partial charge in [-0.2, -0.15) is 0 Å². The van der Waals surface area contributed by atoms with Gasteiger partial charge >= 0.3 is 0 Å². The summed E-state index contributed by atoms with van der Waals surface area (Å²) in [5.41, 5.74) is 2.86. The summed E-state index contributed by atoms with van der Waals surface area (Å²) < 4.78 is 18.4. The van der Waals surface area contributed by atoms with E-state index in [1.165, 1.54) is 12.1 Å². The molecule has 4 nitrogen and oxygen atoms in total. The van der Waals surface area contributed by atoms with Crippen LogP contribution >= 0.6 is 0 Å². The maximum atomic E-state index is 13.0. The zero-order chi connectivity index (χ0) is 18.4. The first-order chi connectivity index (χ1) is 12.7. The molecule has 0 saturated heterocycles. The zero-order valence-electron chi connectivity index (χ0n) is 14.3. The van der Waals surface area contributed by atoms with Crippen molar-refractivity contribution in [1.29, 1.82) is 0 Å². The molecule has 0 unspecified atom stereocenters. The van der Waals surface area contributed by atoms with Gasteiger partial charge in [0.2, 0.25) is 0 Å². The molecule has 0 saturated carbocycles. The lowest BCUT2D eigenvalue weighted by Crippen LogP contribution is -2.12. The van der Waals surface area contributed by atoms with Crippen molar-refractivity contribution in [2.24, 2.45) is 0 Å². The van der Waals surface area contributed by atoms with E-state index in [4.69, 9.17) is 4.74 Å². The normalized spacial score (nSPS) is 10.2. The predicted molar refractivity (Wildman–Crippen MR) is 101 cm³/mol. The molecule has 5 heteroatoms. The average Bonchev–Trinajstić information content (AvgIpc) is 2.68. The van der Waals surface area contributed by atoms with Gasteiger partial charge in [0.15, 0.2) is 0 Å². The lowest BCUT2D eigenvalue weighted by atomic mass is 10.1. The Bertz CT molecular complexity index is 880. The molecule has 132 valence electrons. The lowest BCUT2D eigenvalue weighted by Gasteiger charge is -2.13. The first-order valence-electron chi connectivity index (χ1n) is 8.18. The number of nitrogens with one attached hydrogen (secondary N) is 2. The van der Waals surface area contributed by atoms with Crippen LogP contribution in [0.1, 0.15) is 15.9 Å². The molecule has 1 amide bonds. The topological polar surface area (TPSA) is 50.4 Å². The van der Waals surface area contributed by atoms with E-state index in [9.17, 15) is 9.18 Å². The molecule has 0 radical (unpaired) electrons. The quantitative estimate of drug-likeness (QED) is 0.677. The predicted octanol–water partition coefficient (Wildman–Crippen LogP) is 4.70. The van der Waals surface area contributed by atoms with Crippen molar-refractivity contribution < 1.29 is 13.9 Å². The zero-order valence-corrected chi connectivity index (χ0v) is 14.3. The van der Waals surface area contributed by atoms with Crippen LogP contribution in [0, 0.1) is 5.82 Å². The maximum absolute atomic E-state index is 13.0. The highest BCUT2D eigenvalue weighted by Crippen LogP contribution is 2.26. The van der Waals surface area contributed by atoms with Crippen LogP contribution in [0.4, 0.5) is 15.8 Å².